The van der Waals surface area contributed by atoms with Crippen molar-refractivity contribution in [3.63, 3.8) is 0 Å². The maximum absolute atomic E-state index is 4.64. The molecule has 0 unspecified atom stereocenters. The Morgan fingerprint density at radius 3 is 2.83 bits per heavy atom. The van der Waals surface area contributed by atoms with Crippen LogP contribution in [0, 0.1) is 13.8 Å². The van der Waals surface area contributed by atoms with E-state index < -0.39 is 0 Å². The quantitative estimate of drug-likeness (QED) is 0.779. The second kappa shape index (κ2) is 7.88. The lowest BCUT2D eigenvalue weighted by Gasteiger charge is -2.35. The third-order valence-electron chi connectivity index (χ3n) is 4.91. The number of hydrogen-bond acceptors (Lipinski definition) is 5. The Balaban J connectivity index is 1.68. The van der Waals surface area contributed by atoms with E-state index in [9.17, 15) is 0 Å². The molecule has 132 valence electrons. The summed E-state index contributed by atoms with van der Waals surface area (Å²) in [6, 6.07) is 2.66. The van der Waals surface area contributed by atoms with Crippen LogP contribution >= 0.6 is 0 Å². The Morgan fingerprint density at radius 1 is 1.21 bits per heavy atom. The van der Waals surface area contributed by atoms with Crippen molar-refractivity contribution >= 4 is 0 Å². The van der Waals surface area contributed by atoms with Gasteiger partial charge in [0.15, 0.2) is 5.82 Å². The summed E-state index contributed by atoms with van der Waals surface area (Å²) in [4.78, 5) is 2.54. The minimum absolute atomic E-state index is 0.507. The highest BCUT2D eigenvalue weighted by molar-refractivity contribution is 5.06. The van der Waals surface area contributed by atoms with Crippen molar-refractivity contribution in [2.24, 2.45) is 0 Å². The molecular formula is C17H29N7. The zero-order valence-corrected chi connectivity index (χ0v) is 15.1. The molecular weight excluding hydrogens is 302 g/mol. The molecule has 1 aliphatic rings. The van der Waals surface area contributed by atoms with E-state index in [-0.39, 0.29) is 0 Å². The predicted octanol–water partition coefficient (Wildman–Crippen LogP) is 2.34. The second-order valence-electron chi connectivity index (χ2n) is 6.90. The molecule has 0 radical (unpaired) electrons. The molecule has 24 heavy (non-hydrogen) atoms. The van der Waals surface area contributed by atoms with E-state index in [0.717, 1.165) is 50.5 Å². The van der Waals surface area contributed by atoms with Gasteiger partial charge in [0.2, 0.25) is 0 Å². The number of hydrogen-bond donors (Lipinski definition) is 0. The first-order valence-corrected chi connectivity index (χ1v) is 9.17. The number of nitrogens with zero attached hydrogens (tertiary/aromatic N) is 7. The number of tetrazole rings is 1. The first kappa shape index (κ1) is 17.1. The molecule has 7 nitrogen and oxygen atoms in total. The Kier molecular flexibility index (Phi) is 5.60. The van der Waals surface area contributed by atoms with Crippen molar-refractivity contribution in [3.05, 3.63) is 23.3 Å². The summed E-state index contributed by atoms with van der Waals surface area (Å²) in [5.41, 5.74) is 2.34. The molecule has 7 heteroatoms. The second-order valence-corrected chi connectivity index (χ2v) is 6.90. The zero-order chi connectivity index (χ0) is 16.9. The normalized spacial score (nSPS) is 19.0. The van der Waals surface area contributed by atoms with Crippen LogP contribution in [0.1, 0.15) is 56.2 Å². The molecule has 1 aliphatic heterocycles. The molecule has 0 amide bonds. The Bertz CT molecular complexity index is 645. The molecule has 0 saturated carbocycles. The molecule has 1 atom stereocenters. The highest BCUT2D eigenvalue weighted by atomic mass is 15.5. The summed E-state index contributed by atoms with van der Waals surface area (Å²) in [7, 11) is 0. The fraction of sp³-hybridized carbons (Fsp3) is 0.765. The van der Waals surface area contributed by atoms with E-state index in [1.165, 1.54) is 25.0 Å². The topological polar surface area (TPSA) is 64.7 Å². The van der Waals surface area contributed by atoms with Crippen molar-refractivity contribution in [1.29, 1.82) is 0 Å². The lowest BCUT2D eigenvalue weighted by atomic mass is 10.0. The fourth-order valence-electron chi connectivity index (χ4n) is 3.53. The molecule has 2 aromatic rings. The number of likely N-dealkylation sites (tertiary alicyclic amines) is 1. The summed E-state index contributed by atoms with van der Waals surface area (Å²) in [6.45, 7) is 10.2. The van der Waals surface area contributed by atoms with Crippen LogP contribution in [0.4, 0.5) is 0 Å². The van der Waals surface area contributed by atoms with E-state index in [1.54, 1.807) is 0 Å². The van der Waals surface area contributed by atoms with Crippen LogP contribution in [0.5, 0.6) is 0 Å². The van der Waals surface area contributed by atoms with Crippen LogP contribution in [0.25, 0.3) is 0 Å². The van der Waals surface area contributed by atoms with Crippen molar-refractivity contribution < 1.29 is 0 Å². The standard InChI is InChI=1S/C17H29N7/c1-4-5-10-23-17(18-20-21-23)13-22-9-7-6-8-16(22)12-24-15(3)11-14(2)19-24/h11,16H,4-10,12-13H2,1-3H3/t16-/m1/s1. The van der Waals surface area contributed by atoms with Gasteiger partial charge in [-0.1, -0.05) is 19.8 Å². The molecule has 0 aromatic carbocycles. The third-order valence-corrected chi connectivity index (χ3v) is 4.91. The number of aromatic nitrogens is 6. The Hall–Kier alpha value is -1.76. The Morgan fingerprint density at radius 2 is 2.08 bits per heavy atom. The largest absolute Gasteiger partial charge is 0.291 e. The van der Waals surface area contributed by atoms with E-state index in [0.29, 0.717) is 6.04 Å². The van der Waals surface area contributed by atoms with Gasteiger partial charge in [-0.25, -0.2) is 4.68 Å². The van der Waals surface area contributed by atoms with Gasteiger partial charge in [0, 0.05) is 18.3 Å². The van der Waals surface area contributed by atoms with Crippen LogP contribution < -0.4 is 0 Å². The SMILES string of the molecule is CCCCn1nnnc1CN1CCCC[C@@H]1Cn1nc(C)cc1C. The van der Waals surface area contributed by atoms with Crippen LogP contribution in [-0.2, 0) is 19.6 Å². The van der Waals surface area contributed by atoms with E-state index in [4.69, 9.17) is 0 Å². The summed E-state index contributed by atoms with van der Waals surface area (Å²) < 4.78 is 4.12. The first-order valence-electron chi connectivity index (χ1n) is 9.17. The molecule has 1 saturated heterocycles. The molecule has 0 N–H and O–H groups in total. The molecule has 3 heterocycles. The lowest BCUT2D eigenvalue weighted by Crippen LogP contribution is -2.42. The fourth-order valence-corrected chi connectivity index (χ4v) is 3.53. The molecule has 3 rings (SSSR count). The number of rotatable bonds is 7. The minimum atomic E-state index is 0.507. The number of unbranched alkanes of at least 4 members (excludes halogenated alkanes) is 1. The van der Waals surface area contributed by atoms with Gasteiger partial charge in [-0.05, 0) is 56.1 Å². The van der Waals surface area contributed by atoms with E-state index in [2.05, 4.69) is 57.0 Å². The van der Waals surface area contributed by atoms with Gasteiger partial charge in [-0.3, -0.25) is 9.58 Å². The zero-order valence-electron chi connectivity index (χ0n) is 15.1. The maximum Gasteiger partial charge on any atom is 0.165 e. The highest BCUT2D eigenvalue weighted by Gasteiger charge is 2.25. The first-order chi connectivity index (χ1) is 11.7. The van der Waals surface area contributed by atoms with Crippen molar-refractivity contribution in [3.8, 4) is 0 Å². The molecule has 0 bridgehead atoms. The molecule has 0 aliphatic carbocycles. The minimum Gasteiger partial charge on any atom is -0.291 e. The van der Waals surface area contributed by atoms with Crippen LogP contribution in [0.3, 0.4) is 0 Å². The van der Waals surface area contributed by atoms with Gasteiger partial charge < -0.3 is 0 Å². The van der Waals surface area contributed by atoms with E-state index in [1.807, 2.05) is 4.68 Å². The number of aryl methyl sites for hydroxylation is 3. The van der Waals surface area contributed by atoms with Gasteiger partial charge in [0.05, 0.1) is 18.8 Å². The summed E-state index contributed by atoms with van der Waals surface area (Å²) in [5, 5.41) is 16.9. The van der Waals surface area contributed by atoms with Crippen molar-refractivity contribution in [1.82, 2.24) is 34.9 Å². The third kappa shape index (κ3) is 4.01. The molecule has 1 fully saturated rings. The van der Waals surface area contributed by atoms with Gasteiger partial charge in [-0.15, -0.1) is 5.10 Å². The summed E-state index contributed by atoms with van der Waals surface area (Å²) in [6.07, 6.45) is 6.04. The maximum atomic E-state index is 4.64. The van der Waals surface area contributed by atoms with Gasteiger partial charge >= 0.3 is 0 Å². The average molecular weight is 331 g/mol. The monoisotopic (exact) mass is 331 g/mol. The average Bonchev–Trinajstić information content (AvgIpc) is 3.13. The highest BCUT2D eigenvalue weighted by Crippen LogP contribution is 2.21. The Labute approximate surface area is 144 Å². The molecule has 2 aromatic heterocycles. The van der Waals surface area contributed by atoms with Crippen LogP contribution in [-0.4, -0.2) is 47.5 Å². The lowest BCUT2D eigenvalue weighted by molar-refractivity contribution is 0.116. The predicted molar refractivity (Wildman–Crippen MR) is 92.5 cm³/mol. The van der Waals surface area contributed by atoms with Crippen molar-refractivity contribution in [2.75, 3.05) is 6.54 Å². The van der Waals surface area contributed by atoms with Gasteiger partial charge in [0.1, 0.15) is 0 Å². The van der Waals surface area contributed by atoms with Crippen LogP contribution in [0.15, 0.2) is 6.07 Å². The summed E-state index contributed by atoms with van der Waals surface area (Å²) in [5.74, 6) is 0.990. The number of piperidine rings is 1. The van der Waals surface area contributed by atoms with Crippen LogP contribution in [0.2, 0.25) is 0 Å². The van der Waals surface area contributed by atoms with Crippen molar-refractivity contribution in [2.45, 2.75) is 78.6 Å². The molecule has 0 spiro atoms. The summed E-state index contributed by atoms with van der Waals surface area (Å²) >= 11 is 0. The van der Waals surface area contributed by atoms with Gasteiger partial charge in [-0.2, -0.15) is 5.10 Å². The van der Waals surface area contributed by atoms with E-state index >= 15 is 0 Å². The van der Waals surface area contributed by atoms with Gasteiger partial charge in [0.25, 0.3) is 0 Å². The smallest absolute Gasteiger partial charge is 0.165 e.